The molecule has 0 radical (unpaired) electrons. The normalized spacial score (nSPS) is 50.8. The topological polar surface area (TPSA) is 0 Å². The van der Waals surface area contributed by atoms with Gasteiger partial charge in [-0.05, 0) is 164 Å². The molecule has 0 aromatic heterocycles. The van der Waals surface area contributed by atoms with Crippen LogP contribution in [0.2, 0.25) is 0 Å². The second kappa shape index (κ2) is 45.7. The van der Waals surface area contributed by atoms with Crippen LogP contribution in [-0.4, -0.2) is 18.5 Å². The molecular formula is C78H157F9. The number of rotatable bonds is 5. The van der Waals surface area contributed by atoms with Crippen LogP contribution >= 0.6 is 0 Å². The van der Waals surface area contributed by atoms with E-state index in [0.717, 1.165) is 73.1 Å². The van der Waals surface area contributed by atoms with E-state index >= 15 is 0 Å². The second-order valence-electron chi connectivity index (χ2n) is 25.6. The molecular weight excluding hydrogens is 1110 g/mol. The molecule has 0 saturated heterocycles. The summed E-state index contributed by atoms with van der Waals surface area (Å²) in [5.41, 5.74) is -13.2. The van der Waals surface area contributed by atoms with Gasteiger partial charge in [0.1, 0.15) is 0 Å². The molecule has 6 fully saturated rings. The highest BCUT2D eigenvalue weighted by atomic mass is 19.4. The smallest absolute Gasteiger partial charge is 0.171 e. The molecule has 0 aromatic rings. The summed E-state index contributed by atoms with van der Waals surface area (Å²) >= 11 is 0. The summed E-state index contributed by atoms with van der Waals surface area (Å²) in [4.78, 5) is 0. The molecule has 6 aliphatic carbocycles. The Morgan fingerprint density at radius 3 is 1.02 bits per heavy atom. The molecule has 0 amide bonds. The number of alkyl halides is 9. The van der Waals surface area contributed by atoms with Gasteiger partial charge < -0.3 is 0 Å². The highest BCUT2D eigenvalue weighted by molar-refractivity contribution is 4.88. The van der Waals surface area contributed by atoms with Gasteiger partial charge in [-0.2, -0.15) is 39.5 Å². The fraction of sp³-hybridized carbons (Fsp3) is 1.00. The second-order valence-corrected chi connectivity index (χ2v) is 25.6. The third-order valence-corrected chi connectivity index (χ3v) is 13.8. The summed E-state index contributed by atoms with van der Waals surface area (Å²) in [7, 11) is 0. The Bertz CT molecular complexity index is 3530. The van der Waals surface area contributed by atoms with E-state index in [1.54, 1.807) is 13.8 Å². The lowest BCUT2D eigenvalue weighted by Crippen LogP contribution is -2.38. The van der Waals surface area contributed by atoms with Crippen LogP contribution in [0.4, 0.5) is 39.5 Å². The van der Waals surface area contributed by atoms with Crippen LogP contribution in [0.3, 0.4) is 0 Å². The SMILES string of the molecule is [2H]C(C)(CC)CC.[2H]C([2H])(C)C(C)(C)C.[2H]C([2H])([2H])C(C)(C([2H])([2H])C)C(F)(F)F.[2H]C([2H])([2H])C(C)(C)C([2H])([2H])[2H].[2H]C([2H])([2H])C([2H])([2H])C([2H])(C)C([2H])([2H])C.[2H]C([2H])([2H])C1(C)C([2H])([2H])C([2H])([2H])C([2H])(C)C([2H])([2H])C1([2H])[2H].[2H]C1(C)CCC(C)(C(F)(F)F)CC1.[2H]C1(C)CCC(C)(C)CC1.[2H]C1(C)CCCC1.[2H]C1([2H])C([2H])([2H])C(C)(C(F)(F)F)C([2H])([2H])C([2H])([2H])C1([2H])C.[2H]C1([2H])C([2H])([2H])C([2H])(C)C([2H])([2H])C1([2H])C. The molecule has 0 bridgehead atoms. The highest BCUT2D eigenvalue weighted by Gasteiger charge is 2.52. The maximum Gasteiger partial charge on any atom is 0.394 e. The minimum absolute atomic E-state index is 0.0556. The van der Waals surface area contributed by atoms with Crippen LogP contribution in [0, 0.1) is 91.0 Å². The van der Waals surface area contributed by atoms with Crippen molar-refractivity contribution in [2.24, 2.45) is 91.0 Å². The molecule has 532 valence electrons. The number of hydrogen-bond donors (Lipinski definition) is 0. The van der Waals surface area contributed by atoms with Crippen molar-refractivity contribution < 1.29 is 114 Å². The van der Waals surface area contributed by atoms with Crippen molar-refractivity contribution in [3.63, 3.8) is 0 Å². The van der Waals surface area contributed by atoms with Crippen LogP contribution < -0.4 is 0 Å². The molecule has 4 unspecified atom stereocenters. The minimum Gasteiger partial charge on any atom is -0.171 e. The summed E-state index contributed by atoms with van der Waals surface area (Å²) in [6.45, 7) is 20.0. The van der Waals surface area contributed by atoms with E-state index in [9.17, 15) is 39.5 Å². The van der Waals surface area contributed by atoms with Crippen LogP contribution in [0.1, 0.15) is 467 Å². The molecule has 0 heterocycles. The van der Waals surface area contributed by atoms with Gasteiger partial charge in [0.25, 0.3) is 0 Å². The zero-order valence-electron chi connectivity index (χ0n) is 112. The van der Waals surface area contributed by atoms with E-state index in [0.29, 0.717) is 46.0 Å². The van der Waals surface area contributed by atoms with Crippen molar-refractivity contribution in [1.29, 1.82) is 0 Å². The molecule has 0 aromatic carbocycles. The highest BCUT2D eigenvalue weighted by Crippen LogP contribution is 2.51. The fourth-order valence-electron chi connectivity index (χ4n) is 5.97. The lowest BCUT2D eigenvalue weighted by Gasteiger charge is -2.37. The molecule has 0 nitrogen and oxygen atoms in total. The van der Waals surface area contributed by atoms with Crippen molar-refractivity contribution >= 4 is 0 Å². The van der Waals surface area contributed by atoms with Crippen LogP contribution in [-0.2, 0) is 0 Å². The third-order valence-electron chi connectivity index (χ3n) is 13.8. The Kier molecular flexibility index (Phi) is 18.0. The Morgan fingerprint density at radius 2 is 0.839 bits per heavy atom. The van der Waals surface area contributed by atoms with E-state index in [-0.39, 0.29) is 42.9 Å². The van der Waals surface area contributed by atoms with Crippen molar-refractivity contribution in [3.8, 4) is 0 Å². The van der Waals surface area contributed by atoms with Crippen LogP contribution in [0.15, 0.2) is 0 Å². The summed E-state index contributed by atoms with van der Waals surface area (Å²) in [6, 6.07) is 0. The van der Waals surface area contributed by atoms with E-state index in [4.69, 9.17) is 74.0 Å². The van der Waals surface area contributed by atoms with Gasteiger partial charge in [0.2, 0.25) is 0 Å². The third kappa shape index (κ3) is 54.5. The average Bonchev–Trinajstić information content (AvgIpc) is 1.29. The molecule has 4 atom stereocenters. The molecule has 87 heavy (non-hydrogen) atoms. The van der Waals surface area contributed by atoms with Gasteiger partial charge in [-0.25, -0.2) is 0 Å². The first-order valence-electron chi connectivity index (χ1n) is 56.6. The molecule has 6 aliphatic rings. The predicted molar refractivity (Wildman–Crippen MR) is 371 cm³/mol. The van der Waals surface area contributed by atoms with Gasteiger partial charge >= 0.3 is 18.5 Å². The summed E-state index contributed by atoms with van der Waals surface area (Å²) in [5, 5.41) is 0. The summed E-state index contributed by atoms with van der Waals surface area (Å²) < 4.78 is 516. The lowest BCUT2D eigenvalue weighted by atomic mass is 9.72. The number of halogens is 9. The molecule has 0 N–H and O–H groups in total. The molecule has 6 saturated carbocycles. The largest absolute Gasteiger partial charge is 0.394 e. The molecule has 6 rings (SSSR count). The van der Waals surface area contributed by atoms with Crippen molar-refractivity contribution in [2.75, 3.05) is 0 Å². The standard InChI is InChI=1S/2C9H15F3.2C9H18.C7H14.C6H11F3.C6H12.3C6H14.C5H12/c2*1-7-3-5-8(2,6-4-7)9(10,11)12;2*1-8-4-6-9(2,3)7-5-8;1-6-3-4-7(2)5-6;1-4-5(2,3)6(7,8)9;1-6-4-2-3-5-6;1-5-6(2,3)4;2*1-4-6(3)5-2;1-5(2,3)4/h2*7H,3-6H2,1-2H3;2*8H,4-7H2,1-3H3;6-7H,3-5H2,1-2H3;4H2,1-3H3;6H,2-5H2,1H3;5H2,1-4H3;2*6H,4-5H2,1-3H3;1-4H3/i3D2,4D2,5D2,6D2,7D;7D;2D3,4D2,5D2,6D2,7D2,8D;8D;3D2,4D2,5D2,6D,7D;2D3,4D2;6D;5D2;1D3,4D2,5D2,6D;6D;1D3,2D3. The monoisotopic (exact) mass is 1320 g/mol. The zero-order chi connectivity index (χ0) is 117. The van der Waals surface area contributed by atoms with Gasteiger partial charge in [-0.1, -0.05) is 303 Å². The first-order chi connectivity index (χ1) is 59.4. The average molecular weight is 1320 g/mol. The van der Waals surface area contributed by atoms with Gasteiger partial charge in [0, 0.05) is 74.0 Å². The zero-order valence-corrected chi connectivity index (χ0v) is 57.8. The van der Waals surface area contributed by atoms with E-state index in [2.05, 4.69) is 34.6 Å². The minimum atomic E-state index is -5.56. The van der Waals surface area contributed by atoms with Crippen molar-refractivity contribution in [3.05, 3.63) is 0 Å². The Balaban J connectivity index is -0.000000489. The summed E-state index contributed by atoms with van der Waals surface area (Å²) in [6.07, 6.45) is -47.5. The van der Waals surface area contributed by atoms with Crippen molar-refractivity contribution in [2.45, 2.75) is 411 Å². The maximum atomic E-state index is 13.4. The van der Waals surface area contributed by atoms with E-state index in [1.165, 1.54) is 46.5 Å². The molecule has 9 heteroatoms. The predicted octanol–water partition coefficient (Wildman–Crippen LogP) is 31.0. The first kappa shape index (κ1) is 34.4. The van der Waals surface area contributed by atoms with Gasteiger partial charge in [-0.15, -0.1) is 0 Å². The Hall–Kier alpha value is -0.630. The lowest BCUT2D eigenvalue weighted by molar-refractivity contribution is -0.230. The molecule has 0 spiro atoms. The quantitative estimate of drug-likeness (QED) is 0.241. The molecule has 0 aliphatic heterocycles. The van der Waals surface area contributed by atoms with Gasteiger partial charge in [0.15, 0.2) is 0 Å². The fourth-order valence-corrected chi connectivity index (χ4v) is 5.97. The van der Waals surface area contributed by atoms with Gasteiger partial charge in [-0.3, -0.25) is 0 Å². The number of hydrogen-bond acceptors (Lipinski definition) is 0. The van der Waals surface area contributed by atoms with E-state index in [1.807, 2.05) is 34.6 Å². The Morgan fingerprint density at radius 1 is 0.471 bits per heavy atom. The van der Waals surface area contributed by atoms with Crippen LogP contribution in [0.5, 0.6) is 0 Å². The van der Waals surface area contributed by atoms with Crippen LogP contribution in [0.25, 0.3) is 0 Å². The summed E-state index contributed by atoms with van der Waals surface area (Å²) in [5.74, 6) is -13.8. The van der Waals surface area contributed by atoms with E-state index < -0.39 is 211 Å². The Labute approximate surface area is 616 Å². The van der Waals surface area contributed by atoms with Gasteiger partial charge in [0.05, 0.1) is 16.2 Å². The first-order valence-corrected chi connectivity index (χ1v) is 29.6. The maximum absolute atomic E-state index is 13.4. The van der Waals surface area contributed by atoms with Crippen molar-refractivity contribution in [1.82, 2.24) is 0 Å².